The molecule has 0 saturated carbocycles. The molecule has 0 radical (unpaired) electrons. The van der Waals surface area contributed by atoms with E-state index >= 15 is 0 Å². The summed E-state index contributed by atoms with van der Waals surface area (Å²) in [6.07, 6.45) is 0.716. The summed E-state index contributed by atoms with van der Waals surface area (Å²) in [5, 5.41) is 24.4. The summed E-state index contributed by atoms with van der Waals surface area (Å²) < 4.78 is 0. The van der Waals surface area contributed by atoms with Crippen molar-refractivity contribution in [3.05, 3.63) is 23.8 Å². The van der Waals surface area contributed by atoms with Crippen molar-refractivity contribution < 1.29 is 10.2 Å². The minimum Gasteiger partial charge on any atom is -0.504 e. The van der Waals surface area contributed by atoms with Gasteiger partial charge in [-0.15, -0.1) is 0 Å². The van der Waals surface area contributed by atoms with Gasteiger partial charge in [0, 0.05) is 26.2 Å². The molecule has 0 aliphatic carbocycles. The average molecular weight is 239 g/mol. The molecule has 1 heterocycles. The molecule has 1 aliphatic rings. The number of phenolic OH excluding ortho intramolecular Hbond substituents is 2. The lowest BCUT2D eigenvalue weighted by Gasteiger charge is -2.11. The third-order valence-electron chi connectivity index (χ3n) is 2.43. The molecule has 1 aliphatic heterocycles. The first-order valence-electron chi connectivity index (χ1n) is 5.86. The quantitative estimate of drug-likeness (QED) is 0.460. The van der Waals surface area contributed by atoms with Gasteiger partial charge in [0.25, 0.3) is 0 Å². The number of rotatable bonds is 2. The van der Waals surface area contributed by atoms with E-state index in [0.29, 0.717) is 13.0 Å². The zero-order valence-electron chi connectivity index (χ0n) is 9.95. The first kappa shape index (κ1) is 13.8. The number of benzene rings is 1. The van der Waals surface area contributed by atoms with E-state index in [1.54, 1.807) is 6.07 Å². The molecular formula is C12H21N3O2. The second-order valence-corrected chi connectivity index (χ2v) is 3.86. The van der Waals surface area contributed by atoms with Gasteiger partial charge in [0.1, 0.15) is 0 Å². The topological polar surface area (TPSA) is 90.5 Å². The Hall–Kier alpha value is -1.30. The Morgan fingerprint density at radius 2 is 1.59 bits per heavy atom. The number of hydrogen-bond acceptors (Lipinski definition) is 5. The Labute approximate surface area is 102 Å². The zero-order valence-corrected chi connectivity index (χ0v) is 9.95. The second kappa shape index (κ2) is 7.89. The Morgan fingerprint density at radius 1 is 1.00 bits per heavy atom. The van der Waals surface area contributed by atoms with Crippen molar-refractivity contribution in [3.63, 3.8) is 0 Å². The van der Waals surface area contributed by atoms with E-state index in [1.165, 1.54) is 12.1 Å². The minimum atomic E-state index is -0.0919. The molecule has 6 N–H and O–H groups in total. The number of nitrogens with two attached hydrogens (primary N) is 1. The van der Waals surface area contributed by atoms with E-state index < -0.39 is 0 Å². The van der Waals surface area contributed by atoms with Crippen LogP contribution >= 0.6 is 0 Å². The van der Waals surface area contributed by atoms with Crippen LogP contribution in [0.5, 0.6) is 11.5 Å². The van der Waals surface area contributed by atoms with Crippen LogP contribution in [0.4, 0.5) is 0 Å². The van der Waals surface area contributed by atoms with Gasteiger partial charge in [-0.1, -0.05) is 6.07 Å². The average Bonchev–Trinajstić information content (AvgIpc) is 2.37. The highest BCUT2D eigenvalue weighted by atomic mass is 16.3. The number of aromatic hydroxyl groups is 2. The summed E-state index contributed by atoms with van der Waals surface area (Å²) >= 11 is 0. The van der Waals surface area contributed by atoms with Crippen LogP contribution in [0.1, 0.15) is 5.56 Å². The van der Waals surface area contributed by atoms with Crippen molar-refractivity contribution in [1.29, 1.82) is 0 Å². The van der Waals surface area contributed by atoms with Crippen LogP contribution in [0, 0.1) is 0 Å². The van der Waals surface area contributed by atoms with Crippen LogP contribution in [-0.2, 0) is 6.42 Å². The maximum atomic E-state index is 9.04. The van der Waals surface area contributed by atoms with E-state index in [9.17, 15) is 0 Å². The highest BCUT2D eigenvalue weighted by molar-refractivity contribution is 5.40. The van der Waals surface area contributed by atoms with Crippen LogP contribution < -0.4 is 16.4 Å². The summed E-state index contributed by atoms with van der Waals surface area (Å²) in [4.78, 5) is 0. The molecule has 0 bridgehead atoms. The van der Waals surface area contributed by atoms with Crippen LogP contribution in [0.25, 0.3) is 0 Å². The van der Waals surface area contributed by atoms with Gasteiger partial charge in [0.2, 0.25) is 0 Å². The zero-order chi connectivity index (χ0) is 12.5. The summed E-state index contributed by atoms with van der Waals surface area (Å²) in [5.41, 5.74) is 6.24. The second-order valence-electron chi connectivity index (χ2n) is 3.86. The molecule has 0 spiro atoms. The summed E-state index contributed by atoms with van der Waals surface area (Å²) in [7, 11) is 0. The maximum Gasteiger partial charge on any atom is 0.157 e. The first-order valence-corrected chi connectivity index (χ1v) is 5.86. The van der Waals surface area contributed by atoms with Crippen molar-refractivity contribution in [2.75, 3.05) is 32.7 Å². The summed E-state index contributed by atoms with van der Waals surface area (Å²) in [6, 6.07) is 4.71. The van der Waals surface area contributed by atoms with Crippen molar-refractivity contribution in [2.45, 2.75) is 6.42 Å². The molecule has 1 aromatic rings. The highest BCUT2D eigenvalue weighted by Crippen LogP contribution is 2.24. The molecular weight excluding hydrogens is 218 g/mol. The van der Waals surface area contributed by atoms with E-state index in [2.05, 4.69) is 10.6 Å². The number of hydrogen-bond donors (Lipinski definition) is 5. The lowest BCUT2D eigenvalue weighted by atomic mass is 10.1. The van der Waals surface area contributed by atoms with Gasteiger partial charge in [0.15, 0.2) is 11.5 Å². The maximum absolute atomic E-state index is 9.04. The monoisotopic (exact) mass is 239 g/mol. The largest absolute Gasteiger partial charge is 0.504 e. The molecule has 96 valence electrons. The van der Waals surface area contributed by atoms with E-state index in [1.807, 2.05) is 0 Å². The predicted molar refractivity (Wildman–Crippen MR) is 68.3 cm³/mol. The van der Waals surface area contributed by atoms with E-state index in [-0.39, 0.29) is 11.5 Å². The van der Waals surface area contributed by atoms with E-state index in [4.69, 9.17) is 15.9 Å². The molecule has 0 unspecified atom stereocenters. The predicted octanol–water partition coefficient (Wildman–Crippen LogP) is -0.222. The number of nitrogens with one attached hydrogen (secondary N) is 2. The third-order valence-corrected chi connectivity index (χ3v) is 2.43. The fourth-order valence-corrected chi connectivity index (χ4v) is 1.49. The van der Waals surface area contributed by atoms with Gasteiger partial charge in [-0.3, -0.25) is 0 Å². The summed E-state index contributed by atoms with van der Waals surface area (Å²) in [6.45, 7) is 5.10. The summed E-state index contributed by atoms with van der Waals surface area (Å²) in [5.74, 6) is -0.179. The molecule has 0 aromatic heterocycles. The normalized spacial score (nSPS) is 14.9. The first-order chi connectivity index (χ1) is 8.24. The van der Waals surface area contributed by atoms with Gasteiger partial charge < -0.3 is 26.6 Å². The van der Waals surface area contributed by atoms with Crippen molar-refractivity contribution in [2.24, 2.45) is 5.73 Å². The van der Waals surface area contributed by atoms with Gasteiger partial charge in [0.05, 0.1) is 0 Å². The van der Waals surface area contributed by atoms with Gasteiger partial charge in [-0.25, -0.2) is 0 Å². The molecule has 0 atom stereocenters. The molecule has 2 rings (SSSR count). The lowest BCUT2D eigenvalue weighted by Crippen LogP contribution is -2.39. The lowest BCUT2D eigenvalue weighted by molar-refractivity contribution is 0.403. The molecule has 1 saturated heterocycles. The van der Waals surface area contributed by atoms with E-state index in [0.717, 1.165) is 31.7 Å². The third kappa shape index (κ3) is 5.53. The number of piperazine rings is 1. The van der Waals surface area contributed by atoms with Gasteiger partial charge >= 0.3 is 0 Å². The van der Waals surface area contributed by atoms with Crippen molar-refractivity contribution in [1.82, 2.24) is 10.6 Å². The standard InChI is InChI=1S/C8H11NO2.C4H10N2/c9-4-3-6-1-2-7(10)8(11)5-6;1-2-6-4-3-5-1/h1-2,5,10-11H,3-4,9H2;5-6H,1-4H2. The van der Waals surface area contributed by atoms with Crippen LogP contribution in [-0.4, -0.2) is 42.9 Å². The molecule has 1 aromatic carbocycles. The minimum absolute atomic E-state index is 0.0871. The molecule has 5 nitrogen and oxygen atoms in total. The van der Waals surface area contributed by atoms with Crippen LogP contribution in [0.15, 0.2) is 18.2 Å². The van der Waals surface area contributed by atoms with Crippen molar-refractivity contribution in [3.8, 4) is 11.5 Å². The van der Waals surface area contributed by atoms with Crippen molar-refractivity contribution >= 4 is 0 Å². The fourth-order valence-electron chi connectivity index (χ4n) is 1.49. The van der Waals surface area contributed by atoms with Crippen LogP contribution in [0.2, 0.25) is 0 Å². The molecule has 1 fully saturated rings. The Morgan fingerprint density at radius 3 is 2.00 bits per heavy atom. The Kier molecular flexibility index (Phi) is 6.39. The Bertz CT molecular complexity index is 316. The smallest absolute Gasteiger partial charge is 0.157 e. The molecule has 5 heteroatoms. The Balaban J connectivity index is 0.000000202. The number of phenols is 2. The highest BCUT2D eigenvalue weighted by Gasteiger charge is 1.98. The molecule has 17 heavy (non-hydrogen) atoms. The molecule has 0 amide bonds. The van der Waals surface area contributed by atoms with Gasteiger partial charge in [-0.05, 0) is 30.7 Å². The van der Waals surface area contributed by atoms with Gasteiger partial charge in [-0.2, -0.15) is 0 Å². The van der Waals surface area contributed by atoms with Crippen LogP contribution in [0.3, 0.4) is 0 Å². The fraction of sp³-hybridized carbons (Fsp3) is 0.500. The SMILES string of the molecule is C1CNCCN1.NCCc1ccc(O)c(O)c1.